The Morgan fingerprint density at radius 3 is 2.53 bits per heavy atom. The van der Waals surface area contributed by atoms with E-state index < -0.39 is 11.6 Å². The molecule has 86 valence electrons. The molecule has 1 aliphatic heterocycles. The number of nitrogens with zero attached hydrogens (tertiary/aromatic N) is 1. The molecule has 1 unspecified atom stereocenters. The normalized spacial score (nSPS) is 22.7. The van der Waals surface area contributed by atoms with E-state index in [1.807, 2.05) is 0 Å². The van der Waals surface area contributed by atoms with Crippen molar-refractivity contribution in [1.82, 2.24) is 10.2 Å². The lowest BCUT2D eigenvalue weighted by atomic mass is 10.1. The number of aliphatic hydroxyl groups is 1. The van der Waals surface area contributed by atoms with E-state index in [0.29, 0.717) is 13.0 Å². The van der Waals surface area contributed by atoms with E-state index in [-0.39, 0.29) is 18.2 Å². The first-order valence-corrected chi connectivity index (χ1v) is 5.07. The molecule has 1 aliphatic rings. The highest BCUT2D eigenvalue weighted by molar-refractivity contribution is 6.05. The molecule has 1 saturated heterocycles. The van der Waals surface area contributed by atoms with Crippen LogP contribution >= 0.6 is 0 Å². The average molecular weight is 214 g/mol. The van der Waals surface area contributed by atoms with Crippen molar-refractivity contribution in [2.24, 2.45) is 0 Å². The number of hydrogen-bond acceptors (Lipinski definition) is 4. The second kappa shape index (κ2) is 4.28. The molecule has 0 aromatic heterocycles. The minimum atomic E-state index is -0.745. The van der Waals surface area contributed by atoms with Crippen molar-refractivity contribution in [3.8, 4) is 0 Å². The van der Waals surface area contributed by atoms with Gasteiger partial charge in [0.05, 0.1) is 18.1 Å². The Morgan fingerprint density at radius 1 is 1.53 bits per heavy atom. The second-order valence-electron chi connectivity index (χ2n) is 4.56. The Kier molecular flexibility index (Phi) is 3.46. The fourth-order valence-corrected chi connectivity index (χ4v) is 1.47. The predicted octanol–water partition coefficient (Wildman–Crippen LogP) is -0.506. The lowest BCUT2D eigenvalue weighted by Crippen LogP contribution is -2.39. The van der Waals surface area contributed by atoms with Crippen molar-refractivity contribution >= 4 is 11.8 Å². The van der Waals surface area contributed by atoms with Gasteiger partial charge >= 0.3 is 0 Å². The van der Waals surface area contributed by atoms with E-state index in [4.69, 9.17) is 0 Å². The Hall–Kier alpha value is -0.940. The van der Waals surface area contributed by atoms with E-state index in [2.05, 4.69) is 5.32 Å². The molecule has 1 heterocycles. The maximum absolute atomic E-state index is 11.5. The molecule has 5 nitrogen and oxygen atoms in total. The van der Waals surface area contributed by atoms with Gasteiger partial charge in [0.15, 0.2) is 0 Å². The fourth-order valence-electron chi connectivity index (χ4n) is 1.47. The van der Waals surface area contributed by atoms with Gasteiger partial charge in [0, 0.05) is 7.05 Å². The van der Waals surface area contributed by atoms with Crippen LogP contribution in [0.15, 0.2) is 0 Å². The summed E-state index contributed by atoms with van der Waals surface area (Å²) in [6, 6.07) is -0.412. The molecule has 1 rings (SSSR count). The fraction of sp³-hybridized carbons (Fsp3) is 0.800. The maximum Gasteiger partial charge on any atom is 0.246 e. The van der Waals surface area contributed by atoms with Crippen LogP contribution < -0.4 is 5.32 Å². The van der Waals surface area contributed by atoms with Crippen LogP contribution in [-0.2, 0) is 9.59 Å². The van der Waals surface area contributed by atoms with E-state index in [1.54, 1.807) is 13.8 Å². The number of carbonyl (C=O) groups is 2. The third-order valence-corrected chi connectivity index (χ3v) is 2.51. The van der Waals surface area contributed by atoms with Crippen molar-refractivity contribution in [1.29, 1.82) is 0 Å². The van der Waals surface area contributed by atoms with Crippen molar-refractivity contribution in [3.05, 3.63) is 0 Å². The smallest absolute Gasteiger partial charge is 0.246 e. The summed E-state index contributed by atoms with van der Waals surface area (Å²) in [6.45, 7) is 3.95. The van der Waals surface area contributed by atoms with Gasteiger partial charge in [-0.1, -0.05) is 0 Å². The zero-order valence-corrected chi connectivity index (χ0v) is 9.41. The Labute approximate surface area is 89.4 Å². The van der Waals surface area contributed by atoms with Gasteiger partial charge in [-0.25, -0.2) is 0 Å². The van der Waals surface area contributed by atoms with Gasteiger partial charge in [-0.15, -0.1) is 0 Å². The summed E-state index contributed by atoms with van der Waals surface area (Å²) in [5.74, 6) is -0.337. The summed E-state index contributed by atoms with van der Waals surface area (Å²) in [7, 11) is 1.49. The molecule has 0 aliphatic carbocycles. The number of likely N-dealkylation sites (tertiary alicyclic amines) is 1. The third-order valence-electron chi connectivity index (χ3n) is 2.51. The summed E-state index contributed by atoms with van der Waals surface area (Å²) in [5.41, 5.74) is -0.745. The Balaban J connectivity index is 2.35. The van der Waals surface area contributed by atoms with Gasteiger partial charge in [0.2, 0.25) is 11.8 Å². The highest BCUT2D eigenvalue weighted by Crippen LogP contribution is 2.11. The van der Waals surface area contributed by atoms with Crippen LogP contribution in [0.2, 0.25) is 0 Å². The van der Waals surface area contributed by atoms with Crippen LogP contribution in [-0.4, -0.2) is 47.1 Å². The van der Waals surface area contributed by atoms with Crippen molar-refractivity contribution in [2.75, 3.05) is 13.6 Å². The van der Waals surface area contributed by atoms with E-state index >= 15 is 0 Å². The molecule has 0 aromatic rings. The first-order chi connectivity index (χ1) is 6.81. The van der Waals surface area contributed by atoms with Gasteiger partial charge < -0.3 is 10.4 Å². The molecule has 2 N–H and O–H groups in total. The molecular weight excluding hydrogens is 196 g/mol. The Bertz CT molecular complexity index is 270. The SMILES string of the molecule is CN1C(=O)CC(NCCC(C)(C)O)C1=O. The lowest BCUT2D eigenvalue weighted by Gasteiger charge is -2.18. The first kappa shape index (κ1) is 12.1. The molecule has 2 amide bonds. The van der Waals surface area contributed by atoms with Crippen molar-refractivity contribution < 1.29 is 14.7 Å². The molecule has 1 fully saturated rings. The van der Waals surface area contributed by atoms with Gasteiger partial charge in [0.25, 0.3) is 0 Å². The quantitative estimate of drug-likeness (QED) is 0.619. The van der Waals surface area contributed by atoms with Gasteiger partial charge in [-0.3, -0.25) is 14.5 Å². The largest absolute Gasteiger partial charge is 0.390 e. The molecule has 0 radical (unpaired) electrons. The molecular formula is C10H18N2O3. The summed E-state index contributed by atoms with van der Waals surface area (Å²) >= 11 is 0. The molecule has 0 saturated carbocycles. The van der Waals surface area contributed by atoms with Crippen molar-refractivity contribution in [2.45, 2.75) is 38.3 Å². The van der Waals surface area contributed by atoms with Crippen LogP contribution in [0.3, 0.4) is 0 Å². The van der Waals surface area contributed by atoms with Crippen LogP contribution in [0.4, 0.5) is 0 Å². The van der Waals surface area contributed by atoms with Crippen LogP contribution in [0.25, 0.3) is 0 Å². The number of rotatable bonds is 4. The molecule has 5 heteroatoms. The zero-order chi connectivity index (χ0) is 11.6. The summed E-state index contributed by atoms with van der Waals surface area (Å²) < 4.78 is 0. The number of carbonyl (C=O) groups excluding carboxylic acids is 2. The number of likely N-dealkylation sites (N-methyl/N-ethyl adjacent to an activating group) is 1. The van der Waals surface area contributed by atoms with Gasteiger partial charge in [-0.05, 0) is 26.8 Å². The molecule has 0 bridgehead atoms. The average Bonchev–Trinajstić information content (AvgIpc) is 2.32. The van der Waals surface area contributed by atoms with E-state index in [0.717, 1.165) is 4.90 Å². The maximum atomic E-state index is 11.5. The standard InChI is InChI=1S/C10H18N2O3/c1-10(2,15)4-5-11-7-6-8(13)12(3)9(7)14/h7,11,15H,4-6H2,1-3H3. The summed E-state index contributed by atoms with van der Waals surface area (Å²) in [5, 5.41) is 12.4. The highest BCUT2D eigenvalue weighted by atomic mass is 16.3. The highest BCUT2D eigenvalue weighted by Gasteiger charge is 2.35. The van der Waals surface area contributed by atoms with Crippen LogP contribution in [0, 0.1) is 0 Å². The Morgan fingerprint density at radius 2 is 2.13 bits per heavy atom. The van der Waals surface area contributed by atoms with Crippen LogP contribution in [0.5, 0.6) is 0 Å². The summed E-state index contributed by atoms with van der Waals surface area (Å²) in [4.78, 5) is 23.8. The van der Waals surface area contributed by atoms with E-state index in [9.17, 15) is 14.7 Å². The first-order valence-electron chi connectivity index (χ1n) is 5.07. The number of amides is 2. The molecule has 1 atom stereocenters. The molecule has 0 aromatic carbocycles. The molecule has 15 heavy (non-hydrogen) atoms. The topological polar surface area (TPSA) is 69.6 Å². The second-order valence-corrected chi connectivity index (χ2v) is 4.56. The summed E-state index contributed by atoms with van der Waals surface area (Å²) in [6.07, 6.45) is 0.774. The number of hydrogen-bond donors (Lipinski definition) is 2. The minimum absolute atomic E-state index is 0.152. The van der Waals surface area contributed by atoms with Crippen molar-refractivity contribution in [3.63, 3.8) is 0 Å². The monoisotopic (exact) mass is 214 g/mol. The number of nitrogens with one attached hydrogen (secondary N) is 1. The predicted molar refractivity (Wildman–Crippen MR) is 55.1 cm³/mol. The van der Waals surface area contributed by atoms with Gasteiger partial charge in [0.1, 0.15) is 0 Å². The number of imide groups is 1. The van der Waals surface area contributed by atoms with E-state index in [1.165, 1.54) is 7.05 Å². The van der Waals surface area contributed by atoms with Crippen LogP contribution in [0.1, 0.15) is 26.7 Å². The molecule has 0 spiro atoms. The van der Waals surface area contributed by atoms with Gasteiger partial charge in [-0.2, -0.15) is 0 Å². The lowest BCUT2D eigenvalue weighted by molar-refractivity contribution is -0.137. The zero-order valence-electron chi connectivity index (χ0n) is 9.41. The minimum Gasteiger partial charge on any atom is -0.390 e. The third kappa shape index (κ3) is 3.28.